The summed E-state index contributed by atoms with van der Waals surface area (Å²) in [7, 11) is 0. The molecule has 0 heterocycles. The Morgan fingerprint density at radius 1 is 1.43 bits per heavy atom. The first kappa shape index (κ1) is 10.7. The minimum Gasteiger partial charge on any atom is -0.394 e. The van der Waals surface area contributed by atoms with Crippen LogP contribution < -0.4 is 5.73 Å². The maximum absolute atomic E-state index is 5.65. The van der Waals surface area contributed by atoms with E-state index in [4.69, 9.17) is 10.6 Å². The van der Waals surface area contributed by atoms with Crippen molar-refractivity contribution in [2.45, 2.75) is 19.4 Å². The van der Waals surface area contributed by atoms with E-state index in [1.807, 2.05) is 37.3 Å². The molecule has 0 fully saturated rings. The Kier molecular flexibility index (Phi) is 4.72. The molecule has 1 rings (SSSR count). The normalized spacial score (nSPS) is 13.0. The highest BCUT2D eigenvalue weighted by Gasteiger charge is 1.96. The van der Waals surface area contributed by atoms with E-state index in [2.05, 4.69) is 5.16 Å². The average Bonchev–Trinajstić information content (AvgIpc) is 2.25. The third-order valence-corrected chi connectivity index (χ3v) is 1.89. The molecule has 0 bridgehead atoms. The molecule has 3 nitrogen and oxygen atoms in total. The third kappa shape index (κ3) is 4.05. The summed E-state index contributed by atoms with van der Waals surface area (Å²) in [6.45, 7) is 2.49. The van der Waals surface area contributed by atoms with Crippen molar-refractivity contribution in [3.05, 3.63) is 35.9 Å². The van der Waals surface area contributed by atoms with Gasteiger partial charge in [-0.3, -0.25) is 0 Å². The highest BCUT2D eigenvalue weighted by Crippen LogP contribution is 1.94. The fourth-order valence-corrected chi connectivity index (χ4v) is 0.894. The van der Waals surface area contributed by atoms with Crippen LogP contribution in [0.15, 0.2) is 35.5 Å². The SMILES string of the molecule is CCC(N)CO/N=C/c1ccccc1. The molecule has 0 amide bonds. The van der Waals surface area contributed by atoms with Crippen molar-refractivity contribution >= 4 is 6.21 Å². The van der Waals surface area contributed by atoms with Crippen LogP contribution in [0.3, 0.4) is 0 Å². The van der Waals surface area contributed by atoms with Gasteiger partial charge in [0, 0.05) is 6.04 Å². The van der Waals surface area contributed by atoms with Gasteiger partial charge in [0.05, 0.1) is 6.21 Å². The van der Waals surface area contributed by atoms with Crippen molar-refractivity contribution in [1.82, 2.24) is 0 Å². The van der Waals surface area contributed by atoms with E-state index in [0.29, 0.717) is 6.61 Å². The van der Waals surface area contributed by atoms with Crippen molar-refractivity contribution in [2.24, 2.45) is 10.9 Å². The second-order valence-electron chi connectivity index (χ2n) is 3.11. The Morgan fingerprint density at radius 2 is 2.14 bits per heavy atom. The van der Waals surface area contributed by atoms with Gasteiger partial charge in [-0.15, -0.1) is 0 Å². The van der Waals surface area contributed by atoms with E-state index in [-0.39, 0.29) is 6.04 Å². The van der Waals surface area contributed by atoms with Crippen molar-refractivity contribution in [3.63, 3.8) is 0 Å². The van der Waals surface area contributed by atoms with Gasteiger partial charge in [0.25, 0.3) is 0 Å². The minimum atomic E-state index is 0.0722. The molecule has 0 aromatic heterocycles. The highest BCUT2D eigenvalue weighted by atomic mass is 16.6. The standard InChI is InChI=1S/C11H16N2O/c1-2-11(12)9-14-13-8-10-6-4-3-5-7-10/h3-8,11H,2,9,12H2,1H3/b13-8+. The molecule has 0 aliphatic rings. The first-order valence-corrected chi connectivity index (χ1v) is 4.79. The Bertz CT molecular complexity index is 272. The second kappa shape index (κ2) is 6.16. The van der Waals surface area contributed by atoms with Crippen molar-refractivity contribution in [1.29, 1.82) is 0 Å². The largest absolute Gasteiger partial charge is 0.394 e. The first-order valence-electron chi connectivity index (χ1n) is 4.79. The predicted molar refractivity (Wildman–Crippen MR) is 58.3 cm³/mol. The summed E-state index contributed by atoms with van der Waals surface area (Å²) in [6.07, 6.45) is 2.59. The van der Waals surface area contributed by atoms with Crippen LogP contribution in [0, 0.1) is 0 Å². The van der Waals surface area contributed by atoms with Gasteiger partial charge in [0.1, 0.15) is 6.61 Å². The summed E-state index contributed by atoms with van der Waals surface area (Å²) in [5.41, 5.74) is 6.68. The first-order chi connectivity index (χ1) is 6.83. The van der Waals surface area contributed by atoms with Crippen molar-refractivity contribution < 1.29 is 4.84 Å². The molecule has 0 spiro atoms. The van der Waals surface area contributed by atoms with E-state index in [0.717, 1.165) is 12.0 Å². The Hall–Kier alpha value is -1.35. The monoisotopic (exact) mass is 192 g/mol. The van der Waals surface area contributed by atoms with Crippen LogP contribution in [0.5, 0.6) is 0 Å². The van der Waals surface area contributed by atoms with Crippen molar-refractivity contribution in [2.75, 3.05) is 6.61 Å². The molecule has 0 aliphatic carbocycles. The summed E-state index contributed by atoms with van der Waals surface area (Å²) >= 11 is 0. The lowest BCUT2D eigenvalue weighted by atomic mass is 10.2. The zero-order chi connectivity index (χ0) is 10.2. The molecule has 1 aromatic rings. The number of nitrogens with two attached hydrogens (primary N) is 1. The molecule has 0 saturated carbocycles. The van der Waals surface area contributed by atoms with Crippen molar-refractivity contribution in [3.8, 4) is 0 Å². The zero-order valence-electron chi connectivity index (χ0n) is 8.39. The van der Waals surface area contributed by atoms with Gasteiger partial charge in [0.15, 0.2) is 0 Å². The fraction of sp³-hybridized carbons (Fsp3) is 0.364. The quantitative estimate of drug-likeness (QED) is 0.571. The summed E-state index contributed by atoms with van der Waals surface area (Å²) in [5, 5.41) is 3.82. The molecule has 3 heteroatoms. The van der Waals surface area contributed by atoms with Crippen LogP contribution >= 0.6 is 0 Å². The van der Waals surface area contributed by atoms with Crippen LogP contribution in [0.25, 0.3) is 0 Å². The molecular formula is C11H16N2O. The Balaban J connectivity index is 2.28. The lowest BCUT2D eigenvalue weighted by molar-refractivity contribution is 0.130. The zero-order valence-corrected chi connectivity index (χ0v) is 8.39. The third-order valence-electron chi connectivity index (χ3n) is 1.89. The maximum atomic E-state index is 5.65. The maximum Gasteiger partial charge on any atom is 0.132 e. The number of oxime groups is 1. The molecule has 0 radical (unpaired) electrons. The van der Waals surface area contributed by atoms with Gasteiger partial charge in [-0.2, -0.15) is 0 Å². The Morgan fingerprint density at radius 3 is 2.79 bits per heavy atom. The van der Waals surface area contributed by atoms with E-state index in [1.165, 1.54) is 0 Å². The van der Waals surface area contributed by atoms with Gasteiger partial charge in [-0.1, -0.05) is 42.4 Å². The lowest BCUT2D eigenvalue weighted by Gasteiger charge is -2.05. The predicted octanol–water partition coefficient (Wildman–Crippen LogP) is 1.77. The van der Waals surface area contributed by atoms with Gasteiger partial charge in [-0.05, 0) is 12.0 Å². The van der Waals surface area contributed by atoms with E-state index in [9.17, 15) is 0 Å². The van der Waals surface area contributed by atoms with Gasteiger partial charge in [-0.25, -0.2) is 0 Å². The van der Waals surface area contributed by atoms with E-state index < -0.39 is 0 Å². The van der Waals surface area contributed by atoms with Crippen LogP contribution in [-0.4, -0.2) is 18.9 Å². The number of hydrogen-bond acceptors (Lipinski definition) is 3. The van der Waals surface area contributed by atoms with Crippen LogP contribution in [0.4, 0.5) is 0 Å². The molecule has 0 aliphatic heterocycles. The summed E-state index contributed by atoms with van der Waals surface area (Å²) < 4.78 is 0. The molecule has 1 unspecified atom stereocenters. The number of nitrogens with zero attached hydrogens (tertiary/aromatic N) is 1. The van der Waals surface area contributed by atoms with Gasteiger partial charge < -0.3 is 10.6 Å². The summed E-state index contributed by atoms with van der Waals surface area (Å²) in [6, 6.07) is 9.88. The number of hydrogen-bond donors (Lipinski definition) is 1. The number of benzene rings is 1. The molecule has 76 valence electrons. The molecule has 2 N–H and O–H groups in total. The van der Waals surface area contributed by atoms with Crippen LogP contribution in [0.1, 0.15) is 18.9 Å². The molecule has 0 saturated heterocycles. The lowest BCUT2D eigenvalue weighted by Crippen LogP contribution is -2.23. The second-order valence-corrected chi connectivity index (χ2v) is 3.11. The highest BCUT2D eigenvalue weighted by molar-refractivity contribution is 5.78. The van der Waals surface area contributed by atoms with Crippen LogP contribution in [0.2, 0.25) is 0 Å². The molecule has 1 atom stereocenters. The van der Waals surface area contributed by atoms with Crippen LogP contribution in [-0.2, 0) is 4.84 Å². The summed E-state index contributed by atoms with van der Waals surface area (Å²) in [5.74, 6) is 0. The van der Waals surface area contributed by atoms with E-state index in [1.54, 1.807) is 6.21 Å². The molecular weight excluding hydrogens is 176 g/mol. The van der Waals surface area contributed by atoms with Gasteiger partial charge >= 0.3 is 0 Å². The fourth-order valence-electron chi connectivity index (χ4n) is 0.894. The topological polar surface area (TPSA) is 47.6 Å². The Labute approximate surface area is 84.6 Å². The van der Waals surface area contributed by atoms with E-state index >= 15 is 0 Å². The van der Waals surface area contributed by atoms with Gasteiger partial charge in [0.2, 0.25) is 0 Å². The summed E-state index contributed by atoms with van der Waals surface area (Å²) in [4.78, 5) is 5.03. The molecule has 14 heavy (non-hydrogen) atoms. The number of rotatable bonds is 5. The average molecular weight is 192 g/mol. The smallest absolute Gasteiger partial charge is 0.132 e. The minimum absolute atomic E-state index is 0.0722. The molecule has 1 aromatic carbocycles.